The van der Waals surface area contributed by atoms with Crippen molar-refractivity contribution in [3.63, 3.8) is 0 Å². The van der Waals surface area contributed by atoms with Crippen LogP contribution in [0.3, 0.4) is 0 Å². The molecule has 5 heteroatoms. The number of aryl methyl sites for hydroxylation is 2. The van der Waals surface area contributed by atoms with Gasteiger partial charge in [0.1, 0.15) is 6.73 Å². The highest BCUT2D eigenvalue weighted by Gasteiger charge is 2.16. The first-order chi connectivity index (χ1) is 10.2. The fraction of sp³-hybridized carbons (Fsp3) is 0.529. The SMILES string of the molecule is CC(=O)c1nc2cc(C)c(C)cc2n1COCC[Si](C)(C)C. The average molecular weight is 318 g/mol. The molecule has 0 aliphatic rings. The van der Waals surface area contributed by atoms with Gasteiger partial charge < -0.3 is 4.74 Å². The second-order valence-electron chi connectivity index (χ2n) is 7.19. The smallest absolute Gasteiger partial charge is 0.195 e. The second kappa shape index (κ2) is 6.34. The van der Waals surface area contributed by atoms with E-state index in [1.54, 1.807) is 6.92 Å². The zero-order valence-corrected chi connectivity index (χ0v) is 15.5. The average Bonchev–Trinajstić information content (AvgIpc) is 2.72. The summed E-state index contributed by atoms with van der Waals surface area (Å²) in [6, 6.07) is 5.24. The first-order valence-corrected chi connectivity index (χ1v) is 11.5. The summed E-state index contributed by atoms with van der Waals surface area (Å²) in [7, 11) is -1.10. The van der Waals surface area contributed by atoms with Crippen LogP contribution in [0.1, 0.15) is 28.7 Å². The first kappa shape index (κ1) is 16.9. The van der Waals surface area contributed by atoms with Gasteiger partial charge in [-0.15, -0.1) is 0 Å². The quantitative estimate of drug-likeness (QED) is 0.456. The van der Waals surface area contributed by atoms with Crippen LogP contribution in [0.2, 0.25) is 25.7 Å². The number of hydrogen-bond acceptors (Lipinski definition) is 3. The van der Waals surface area contributed by atoms with E-state index >= 15 is 0 Å². The van der Waals surface area contributed by atoms with E-state index in [0.717, 1.165) is 23.7 Å². The Kier molecular flexibility index (Phi) is 4.87. The lowest BCUT2D eigenvalue weighted by Crippen LogP contribution is -2.22. The molecular formula is C17H26N2O2Si. The molecule has 0 radical (unpaired) electrons. The number of imidazole rings is 1. The number of rotatable bonds is 6. The minimum Gasteiger partial charge on any atom is -0.361 e. The maximum atomic E-state index is 11.9. The van der Waals surface area contributed by atoms with Crippen molar-refractivity contribution in [2.24, 2.45) is 0 Å². The molecule has 0 bridgehead atoms. The Morgan fingerprint density at radius 1 is 1.23 bits per heavy atom. The second-order valence-corrected chi connectivity index (χ2v) is 12.8. The third kappa shape index (κ3) is 3.84. The Morgan fingerprint density at radius 3 is 2.45 bits per heavy atom. The van der Waals surface area contributed by atoms with Gasteiger partial charge in [0.25, 0.3) is 0 Å². The Morgan fingerprint density at radius 2 is 1.86 bits per heavy atom. The Balaban J connectivity index is 2.28. The number of nitrogens with zero attached hydrogens (tertiary/aromatic N) is 2. The van der Waals surface area contributed by atoms with Gasteiger partial charge in [0.05, 0.1) is 11.0 Å². The third-order valence-electron chi connectivity index (χ3n) is 3.90. The van der Waals surface area contributed by atoms with E-state index in [0.29, 0.717) is 12.6 Å². The normalized spacial score (nSPS) is 12.1. The number of ether oxygens (including phenoxy) is 1. The third-order valence-corrected chi connectivity index (χ3v) is 5.60. The molecule has 2 aromatic rings. The molecule has 120 valence electrons. The Bertz CT molecular complexity index is 699. The molecule has 0 N–H and O–H groups in total. The highest BCUT2D eigenvalue weighted by Crippen LogP contribution is 2.21. The van der Waals surface area contributed by atoms with E-state index in [1.165, 1.54) is 11.1 Å². The zero-order valence-electron chi connectivity index (χ0n) is 14.5. The number of hydrogen-bond donors (Lipinski definition) is 0. The molecule has 0 amide bonds. The summed E-state index contributed by atoms with van der Waals surface area (Å²) in [5.41, 5.74) is 4.22. The molecule has 0 saturated heterocycles. The molecule has 0 unspecified atom stereocenters. The van der Waals surface area contributed by atoms with Crippen molar-refractivity contribution >= 4 is 24.9 Å². The van der Waals surface area contributed by atoms with Crippen molar-refractivity contribution < 1.29 is 9.53 Å². The summed E-state index contributed by atoms with van der Waals surface area (Å²) < 4.78 is 7.73. The molecule has 0 atom stereocenters. The molecular weight excluding hydrogens is 292 g/mol. The topological polar surface area (TPSA) is 44.1 Å². The fourth-order valence-electron chi connectivity index (χ4n) is 2.31. The van der Waals surface area contributed by atoms with Crippen molar-refractivity contribution in [3.05, 3.63) is 29.1 Å². The van der Waals surface area contributed by atoms with E-state index in [2.05, 4.69) is 44.5 Å². The van der Waals surface area contributed by atoms with Crippen LogP contribution in [0.5, 0.6) is 0 Å². The molecule has 0 aliphatic heterocycles. The van der Waals surface area contributed by atoms with Gasteiger partial charge >= 0.3 is 0 Å². The van der Waals surface area contributed by atoms with Gasteiger partial charge in [-0.05, 0) is 43.2 Å². The molecule has 1 aromatic heterocycles. The standard InChI is InChI=1S/C17H26N2O2Si/c1-12-9-15-16(10-13(12)2)19(17(18-15)14(3)20)11-21-7-8-22(4,5)6/h9-10H,7-8,11H2,1-6H3. The van der Waals surface area contributed by atoms with Gasteiger partial charge in [-0.25, -0.2) is 4.98 Å². The minimum atomic E-state index is -1.10. The molecule has 2 rings (SSSR count). The summed E-state index contributed by atoms with van der Waals surface area (Å²) in [5, 5.41) is 0. The molecule has 22 heavy (non-hydrogen) atoms. The monoisotopic (exact) mass is 318 g/mol. The van der Waals surface area contributed by atoms with E-state index in [-0.39, 0.29) is 5.78 Å². The number of Topliss-reactive ketones (excluding diaryl/α,β-unsaturated/α-hetero) is 1. The van der Waals surface area contributed by atoms with Crippen LogP contribution in [0, 0.1) is 13.8 Å². The molecule has 4 nitrogen and oxygen atoms in total. The van der Waals surface area contributed by atoms with Crippen LogP contribution in [-0.4, -0.2) is 30.0 Å². The lowest BCUT2D eigenvalue weighted by atomic mass is 10.1. The molecule has 0 fully saturated rings. The van der Waals surface area contributed by atoms with Crippen LogP contribution in [0.15, 0.2) is 12.1 Å². The summed E-state index contributed by atoms with van der Waals surface area (Å²) in [5.74, 6) is 0.452. The molecule has 1 aromatic carbocycles. The van der Waals surface area contributed by atoms with Gasteiger partial charge in [0.2, 0.25) is 0 Å². The fourth-order valence-corrected chi connectivity index (χ4v) is 3.07. The largest absolute Gasteiger partial charge is 0.361 e. The molecule has 1 heterocycles. The minimum absolute atomic E-state index is 0.0275. The summed E-state index contributed by atoms with van der Waals surface area (Å²) in [4.78, 5) is 16.3. The van der Waals surface area contributed by atoms with Gasteiger partial charge in [0, 0.05) is 21.6 Å². The van der Waals surface area contributed by atoms with E-state index in [1.807, 2.05) is 10.6 Å². The predicted octanol–water partition coefficient (Wildman–Crippen LogP) is 4.17. The first-order valence-electron chi connectivity index (χ1n) is 7.75. The van der Waals surface area contributed by atoms with Crippen molar-refractivity contribution in [1.82, 2.24) is 9.55 Å². The van der Waals surface area contributed by atoms with Crippen LogP contribution in [-0.2, 0) is 11.5 Å². The number of aromatic nitrogens is 2. The summed E-state index contributed by atoms with van der Waals surface area (Å²) >= 11 is 0. The molecule has 0 aliphatic carbocycles. The van der Waals surface area contributed by atoms with Crippen LogP contribution in [0.25, 0.3) is 11.0 Å². The molecule has 0 saturated carbocycles. The number of fused-ring (bicyclic) bond motifs is 1. The van der Waals surface area contributed by atoms with Crippen LogP contribution < -0.4 is 0 Å². The Labute approximate surface area is 133 Å². The maximum absolute atomic E-state index is 11.9. The van der Waals surface area contributed by atoms with Gasteiger partial charge in [0.15, 0.2) is 11.6 Å². The highest BCUT2D eigenvalue weighted by atomic mass is 28.3. The number of benzene rings is 1. The van der Waals surface area contributed by atoms with Gasteiger partial charge in [-0.1, -0.05) is 19.6 Å². The van der Waals surface area contributed by atoms with E-state index in [4.69, 9.17) is 4.74 Å². The van der Waals surface area contributed by atoms with Crippen LogP contribution in [0.4, 0.5) is 0 Å². The number of carbonyl (C=O) groups is 1. The summed E-state index contributed by atoms with van der Waals surface area (Å²) in [6.07, 6.45) is 0. The summed E-state index contributed by atoms with van der Waals surface area (Å²) in [6.45, 7) is 13.8. The lowest BCUT2D eigenvalue weighted by Gasteiger charge is -2.16. The van der Waals surface area contributed by atoms with Crippen molar-refractivity contribution in [2.75, 3.05) is 6.61 Å². The van der Waals surface area contributed by atoms with Gasteiger partial charge in [-0.3, -0.25) is 9.36 Å². The number of ketones is 1. The van der Waals surface area contributed by atoms with E-state index < -0.39 is 8.07 Å². The zero-order chi connectivity index (χ0) is 16.5. The van der Waals surface area contributed by atoms with Gasteiger partial charge in [-0.2, -0.15) is 0 Å². The van der Waals surface area contributed by atoms with E-state index in [9.17, 15) is 4.79 Å². The number of carbonyl (C=O) groups excluding carboxylic acids is 1. The predicted molar refractivity (Wildman–Crippen MR) is 93.3 cm³/mol. The van der Waals surface area contributed by atoms with Crippen LogP contribution >= 0.6 is 0 Å². The Hall–Kier alpha value is -1.46. The van der Waals surface area contributed by atoms with Crippen molar-refractivity contribution in [2.45, 2.75) is 53.2 Å². The van der Waals surface area contributed by atoms with Crippen molar-refractivity contribution in [1.29, 1.82) is 0 Å². The molecule has 0 spiro atoms. The highest BCUT2D eigenvalue weighted by molar-refractivity contribution is 6.76. The lowest BCUT2D eigenvalue weighted by molar-refractivity contribution is 0.0827. The van der Waals surface area contributed by atoms with Crippen molar-refractivity contribution in [3.8, 4) is 0 Å². The maximum Gasteiger partial charge on any atom is 0.195 e.